The van der Waals surface area contributed by atoms with Crippen LogP contribution in [-0.2, 0) is 72.0 Å². The molecule has 0 radical (unpaired) electrons. The molecular weight excluding hydrogens is 1280 g/mol. The molecule has 28 rings (SSSR count). The molecule has 15 heteroatoms. The van der Waals surface area contributed by atoms with Gasteiger partial charge in [0.15, 0.2) is 0 Å². The number of nitrogens with zero attached hydrogens (tertiary/aromatic N) is 8. The summed E-state index contributed by atoms with van der Waals surface area (Å²) in [7, 11) is -7.24. The summed E-state index contributed by atoms with van der Waals surface area (Å²) in [5.41, 5.74) is 18.6. The van der Waals surface area contributed by atoms with Gasteiger partial charge in [-0.25, -0.2) is 53.4 Å². The van der Waals surface area contributed by atoms with E-state index >= 15 is 0 Å². The molecule has 4 aromatic heterocycles. The zero-order valence-corrected chi connectivity index (χ0v) is 55.3. The van der Waals surface area contributed by atoms with Gasteiger partial charge in [0, 0.05) is 0 Å². The number of rotatable bonds is 0. The van der Waals surface area contributed by atoms with E-state index in [2.05, 4.69) is 232 Å². The first-order valence-electron chi connectivity index (χ1n) is 31.5. The van der Waals surface area contributed by atoms with Crippen LogP contribution in [-0.4, -0.2) is 35.1 Å². The van der Waals surface area contributed by atoms with Crippen molar-refractivity contribution in [1.29, 1.82) is 0 Å². The van der Waals surface area contributed by atoms with Gasteiger partial charge < -0.3 is 17.0 Å². The Hall–Kier alpha value is -10.6. The van der Waals surface area contributed by atoms with E-state index in [-0.39, 0.29) is 17.0 Å². The van der Waals surface area contributed by atoms with E-state index in [1.807, 2.05) is 73.3 Å². The fourth-order valence-electron chi connectivity index (χ4n) is 12.5. The summed E-state index contributed by atoms with van der Waals surface area (Å²) >= 11 is 0. The van der Waals surface area contributed by atoms with Crippen molar-refractivity contribution in [2.45, 2.75) is 71.9 Å². The summed E-state index contributed by atoms with van der Waals surface area (Å²) in [5, 5.41) is 0. The molecule has 0 amide bonds. The van der Waals surface area contributed by atoms with Crippen LogP contribution in [0.2, 0.25) is 0 Å². The lowest BCUT2D eigenvalue weighted by Crippen LogP contribution is -3.00. The van der Waals surface area contributed by atoms with Crippen LogP contribution in [0, 0.1) is 0 Å². The predicted molar refractivity (Wildman–Crippen MR) is 363 cm³/mol. The van der Waals surface area contributed by atoms with Crippen molar-refractivity contribution < 1.29 is 52.1 Å². The Morgan fingerprint density at radius 3 is 0.653 bits per heavy atom. The highest BCUT2D eigenvalue weighted by molar-refractivity contribution is 7.91. The summed E-state index contributed by atoms with van der Waals surface area (Å²) < 4.78 is 70.8. The van der Waals surface area contributed by atoms with E-state index in [1.165, 1.54) is 66.8 Å². The Morgan fingerprint density at radius 1 is 0.242 bits per heavy atom. The normalized spacial score (nSPS) is 13.8. The van der Waals surface area contributed by atoms with Gasteiger partial charge in [-0.05, 0) is 150 Å². The average Bonchev–Trinajstić information content (AvgIpc) is 1.27. The van der Waals surface area contributed by atoms with Crippen LogP contribution in [0.15, 0.2) is 337 Å². The van der Waals surface area contributed by atoms with Crippen molar-refractivity contribution in [1.82, 2.24) is 18.3 Å². The standard InChI is InChI=1S/2C40H34N4O2S.BrH/c2*45-47(46)39-16-8-33(9-17-39)27-43-22-20-41(29-43)25-31-4-12-35(13-5-31)37-2-1-3-38(24-37)36-14-6-32(7-15-36)26-42-21-23-44(30-42)28-34-10-18-40(47)19-11-34;/h2*1-24,29-30H,25-28H2;1H/q2*+2;/p-1. The van der Waals surface area contributed by atoms with E-state index in [4.69, 9.17) is 0 Å². The first-order chi connectivity index (χ1) is 45.9. The summed E-state index contributed by atoms with van der Waals surface area (Å²) in [5.74, 6) is 0. The number of hydrogen-bond acceptors (Lipinski definition) is 4. The second-order valence-electron chi connectivity index (χ2n) is 24.6. The Balaban J connectivity index is 0.000000162. The highest BCUT2D eigenvalue weighted by atomic mass is 79.9. The fraction of sp³-hybridized carbons (Fsp3) is 0.100. The van der Waals surface area contributed by atoms with Gasteiger partial charge in [0.2, 0.25) is 45.0 Å². The third-order valence-corrected chi connectivity index (χ3v) is 21.3. The zero-order valence-electron chi connectivity index (χ0n) is 52.1. The molecule has 14 aliphatic rings. The third-order valence-electron chi connectivity index (χ3n) is 17.7. The maximum atomic E-state index is 13.4. The van der Waals surface area contributed by atoms with Crippen molar-refractivity contribution in [2.24, 2.45) is 0 Å². The molecule has 14 aromatic rings. The molecule has 18 heterocycles. The third kappa shape index (κ3) is 14.2. The fourth-order valence-corrected chi connectivity index (χ4v) is 15.0. The Morgan fingerprint density at radius 2 is 0.442 bits per heavy atom. The Bertz CT molecular complexity index is 4600. The highest BCUT2D eigenvalue weighted by Gasteiger charge is 2.21. The smallest absolute Gasteiger partial charge is 0.244 e. The molecule has 0 aliphatic carbocycles. The maximum absolute atomic E-state index is 13.4. The van der Waals surface area contributed by atoms with Gasteiger partial charge >= 0.3 is 0 Å². The van der Waals surface area contributed by atoms with Crippen LogP contribution in [0.3, 0.4) is 0 Å². The summed E-state index contributed by atoms with van der Waals surface area (Å²) in [6.07, 6.45) is 24.8. The molecule has 0 fully saturated rings. The first kappa shape index (κ1) is 61.9. The lowest BCUT2D eigenvalue weighted by atomic mass is 9.98. The summed E-state index contributed by atoms with van der Waals surface area (Å²) in [6, 6.07) is 81.4. The largest absolute Gasteiger partial charge is 1.00 e. The van der Waals surface area contributed by atoms with Crippen molar-refractivity contribution in [3.05, 3.63) is 362 Å². The van der Waals surface area contributed by atoms with Crippen LogP contribution in [0.4, 0.5) is 0 Å². The second-order valence-corrected chi connectivity index (χ2v) is 28.5. The van der Waals surface area contributed by atoms with Gasteiger partial charge in [-0.1, -0.05) is 182 Å². The van der Waals surface area contributed by atoms with Gasteiger partial charge in [-0.15, -0.1) is 0 Å². The molecule has 0 saturated carbocycles. The molecule has 0 saturated heterocycles. The quantitative estimate of drug-likeness (QED) is 0.141. The molecule has 10 aromatic carbocycles. The first-order valence-corrected chi connectivity index (χ1v) is 34.5. The molecule has 14 aliphatic heterocycles. The number of aromatic nitrogens is 8. The molecular formula is C80H68BrN8O4S2+3. The molecule has 12 nitrogen and oxygen atoms in total. The van der Waals surface area contributed by atoms with Gasteiger partial charge in [-0.2, -0.15) is 0 Å². The number of hydrogen-bond donors (Lipinski definition) is 0. The van der Waals surface area contributed by atoms with Crippen molar-refractivity contribution in [3.63, 3.8) is 0 Å². The molecule has 0 unspecified atom stereocenters. The summed E-state index contributed by atoms with van der Waals surface area (Å²) in [4.78, 5) is 1.19. The number of benzene rings is 10. The van der Waals surface area contributed by atoms with E-state index in [9.17, 15) is 16.8 Å². The maximum Gasteiger partial charge on any atom is 0.244 e. The van der Waals surface area contributed by atoms with E-state index in [1.54, 1.807) is 48.5 Å². The van der Waals surface area contributed by atoms with E-state index < -0.39 is 19.7 Å². The number of sulfone groups is 2. The van der Waals surface area contributed by atoms with Crippen molar-refractivity contribution >= 4 is 19.7 Å². The molecule has 0 spiro atoms. The van der Waals surface area contributed by atoms with Gasteiger partial charge in [0.1, 0.15) is 102 Å². The second kappa shape index (κ2) is 26.8. The zero-order chi connectivity index (χ0) is 63.6. The Kier molecular flexibility index (Phi) is 17.5. The predicted octanol–water partition coefficient (Wildman–Crippen LogP) is 10.1. The topological polar surface area (TPSA) is 104 Å². The van der Waals surface area contributed by atoms with E-state index in [0.29, 0.717) is 45.8 Å². The molecule has 0 N–H and O–H groups in total. The van der Waals surface area contributed by atoms with Crippen molar-refractivity contribution in [3.8, 4) is 44.5 Å². The van der Waals surface area contributed by atoms with Crippen LogP contribution in [0.5, 0.6) is 0 Å². The number of imidazole rings is 4. The average molecular weight is 1350 g/mol. The van der Waals surface area contributed by atoms with E-state index in [0.717, 1.165) is 48.4 Å². The monoisotopic (exact) mass is 1350 g/mol. The lowest BCUT2D eigenvalue weighted by molar-refractivity contribution is -0.688. The molecule has 468 valence electrons. The molecule has 0 atom stereocenters. The van der Waals surface area contributed by atoms with Gasteiger partial charge in [-0.3, -0.25) is 0 Å². The lowest BCUT2D eigenvalue weighted by Gasteiger charge is -2.08. The van der Waals surface area contributed by atoms with Crippen LogP contribution >= 0.6 is 0 Å². The summed E-state index contributed by atoms with van der Waals surface area (Å²) in [6.45, 7) is 5.66. The Labute approximate surface area is 564 Å². The van der Waals surface area contributed by atoms with Gasteiger partial charge in [0.05, 0.1) is 19.6 Å². The number of halogens is 1. The minimum Gasteiger partial charge on any atom is -1.00 e. The van der Waals surface area contributed by atoms with Gasteiger partial charge in [0.25, 0.3) is 0 Å². The highest BCUT2D eigenvalue weighted by Crippen LogP contribution is 2.30. The molecule has 95 heavy (non-hydrogen) atoms. The SMILES string of the molecule is O=S1(=O)c2ccc(cc2)Cn2cc[n+](c2)Cc2ccc(cc2)-c2cccc(c2)-c2ccc(cc2)C[n+]2ccn(c2)Cc2ccc1cc2.O=S1(=O)c2ccc(cc2)Cn2cc[n+](c2)Cc2ccc(cc2)-c2cccc(c2)-c2ccc(cc2)C[n+]2ccn(c2)Cc2ccc1cc2.[Br-]. The van der Waals surface area contributed by atoms with Crippen LogP contribution in [0.25, 0.3) is 44.5 Å². The minimum atomic E-state index is -3.62. The minimum absolute atomic E-state index is 0. The molecule has 28 bridgehead atoms. The van der Waals surface area contributed by atoms with Crippen molar-refractivity contribution in [2.75, 3.05) is 0 Å². The van der Waals surface area contributed by atoms with Crippen LogP contribution in [0.1, 0.15) is 44.5 Å². The van der Waals surface area contributed by atoms with Crippen LogP contribution < -0.4 is 35.2 Å².